The number of rotatable bonds is 6. The molecular weight excluding hydrogens is 338 g/mol. The molecule has 1 aromatic heterocycles. The van der Waals surface area contributed by atoms with Gasteiger partial charge in [0.2, 0.25) is 0 Å². The van der Waals surface area contributed by atoms with Crippen molar-refractivity contribution in [3.63, 3.8) is 0 Å². The van der Waals surface area contributed by atoms with E-state index in [9.17, 15) is 0 Å². The predicted octanol–water partition coefficient (Wildman–Crippen LogP) is 5.22. The minimum Gasteiger partial charge on any atom is -0.279 e. The minimum absolute atomic E-state index is 0.0585. The first-order valence-electron chi connectivity index (χ1n) is 10.4. The van der Waals surface area contributed by atoms with E-state index in [2.05, 4.69) is 63.6 Å². The van der Waals surface area contributed by atoms with Crippen LogP contribution >= 0.6 is 0 Å². The molecule has 0 aromatic carbocycles. The fourth-order valence-electron chi connectivity index (χ4n) is 3.50. The van der Waals surface area contributed by atoms with Crippen molar-refractivity contribution < 1.29 is 0 Å². The molecule has 27 heavy (non-hydrogen) atoms. The van der Waals surface area contributed by atoms with Gasteiger partial charge in [-0.3, -0.25) is 15.0 Å². The Morgan fingerprint density at radius 3 is 1.56 bits per heavy atom. The second kappa shape index (κ2) is 9.76. The average Bonchev–Trinajstić information content (AvgIpc) is 2.71. The summed E-state index contributed by atoms with van der Waals surface area (Å²) in [5, 5.41) is 22.0. The molecule has 7 nitrogen and oxygen atoms in total. The molecule has 2 atom stereocenters. The Balaban J connectivity index is 1.65. The van der Waals surface area contributed by atoms with Crippen LogP contribution in [-0.2, 0) is 0 Å². The summed E-state index contributed by atoms with van der Waals surface area (Å²) in [6, 6.07) is 4.07. The molecule has 0 amide bonds. The van der Waals surface area contributed by atoms with Crippen molar-refractivity contribution in [2.45, 2.75) is 71.4 Å². The van der Waals surface area contributed by atoms with E-state index < -0.39 is 0 Å². The van der Waals surface area contributed by atoms with Crippen LogP contribution in [0.3, 0.4) is 0 Å². The Morgan fingerprint density at radius 2 is 1.15 bits per heavy atom. The number of nitrogens with zero attached hydrogens (tertiary/aromatic N) is 7. The van der Waals surface area contributed by atoms with Gasteiger partial charge in [-0.05, 0) is 77.0 Å². The lowest BCUT2D eigenvalue weighted by atomic mass is 10.1. The lowest BCUT2D eigenvalue weighted by Gasteiger charge is -2.22. The molecule has 0 spiro atoms. The van der Waals surface area contributed by atoms with Crippen molar-refractivity contribution in [1.82, 2.24) is 15.0 Å². The Kier molecular flexibility index (Phi) is 7.12. The van der Waals surface area contributed by atoms with Crippen LogP contribution in [-0.4, -0.2) is 41.2 Å². The topological polar surface area (TPSA) is 68.8 Å². The zero-order valence-electron chi connectivity index (χ0n) is 17.0. The highest BCUT2D eigenvalue weighted by Crippen LogP contribution is 2.23. The molecule has 2 unspecified atom stereocenters. The van der Waals surface area contributed by atoms with Gasteiger partial charge in [-0.1, -0.05) is 10.4 Å². The second-order valence-electron chi connectivity index (χ2n) is 7.78. The number of aryl methyl sites for hydroxylation is 1. The van der Waals surface area contributed by atoms with Crippen molar-refractivity contribution in [3.8, 4) is 0 Å². The minimum atomic E-state index is -0.0585. The Bertz CT molecular complexity index is 593. The smallest absolute Gasteiger partial charge is 0.112 e. The third-order valence-corrected chi connectivity index (χ3v) is 5.23. The number of piperidine rings is 2. The van der Waals surface area contributed by atoms with Crippen LogP contribution < -0.4 is 0 Å². The fourth-order valence-corrected chi connectivity index (χ4v) is 3.50. The second-order valence-corrected chi connectivity index (χ2v) is 7.78. The molecule has 3 rings (SSSR count). The largest absolute Gasteiger partial charge is 0.279 e. The van der Waals surface area contributed by atoms with E-state index in [4.69, 9.17) is 4.98 Å². The normalized spacial score (nSPS) is 21.1. The third-order valence-electron chi connectivity index (χ3n) is 5.23. The van der Waals surface area contributed by atoms with Gasteiger partial charge in [0, 0.05) is 26.2 Å². The first kappa shape index (κ1) is 19.7. The Hall–Kier alpha value is -2.05. The summed E-state index contributed by atoms with van der Waals surface area (Å²) in [4.78, 5) is 4.82. The quantitative estimate of drug-likeness (QED) is 0.644. The first-order chi connectivity index (χ1) is 13.1. The summed E-state index contributed by atoms with van der Waals surface area (Å²) >= 11 is 0. The summed E-state index contributed by atoms with van der Waals surface area (Å²) in [5.41, 5.74) is 3.08. The third kappa shape index (κ3) is 5.97. The number of pyridine rings is 1. The zero-order valence-corrected chi connectivity index (χ0v) is 17.0. The van der Waals surface area contributed by atoms with E-state index >= 15 is 0 Å². The van der Waals surface area contributed by atoms with Crippen molar-refractivity contribution in [2.75, 3.05) is 26.2 Å². The van der Waals surface area contributed by atoms with Gasteiger partial charge in [0.1, 0.15) is 12.1 Å². The van der Waals surface area contributed by atoms with Crippen LogP contribution in [0.2, 0.25) is 0 Å². The summed E-state index contributed by atoms with van der Waals surface area (Å²) in [7, 11) is 0. The first-order valence-corrected chi connectivity index (χ1v) is 10.4. The van der Waals surface area contributed by atoms with Gasteiger partial charge in [-0.25, -0.2) is 0 Å². The van der Waals surface area contributed by atoms with Crippen molar-refractivity contribution in [2.24, 2.45) is 20.7 Å². The van der Waals surface area contributed by atoms with Crippen LogP contribution in [0, 0.1) is 6.92 Å². The highest BCUT2D eigenvalue weighted by molar-refractivity contribution is 5.23. The maximum atomic E-state index is 4.82. The average molecular weight is 372 g/mol. The molecule has 0 N–H and O–H groups in total. The van der Waals surface area contributed by atoms with Crippen molar-refractivity contribution in [3.05, 3.63) is 29.1 Å². The van der Waals surface area contributed by atoms with E-state index in [1.165, 1.54) is 44.1 Å². The maximum Gasteiger partial charge on any atom is 0.112 e. The summed E-state index contributed by atoms with van der Waals surface area (Å²) in [6.07, 6.45) is 7.43. The van der Waals surface area contributed by atoms with Crippen LogP contribution in [0.4, 0.5) is 0 Å². The maximum absolute atomic E-state index is 4.82. The van der Waals surface area contributed by atoms with Crippen LogP contribution in [0.15, 0.2) is 32.8 Å². The van der Waals surface area contributed by atoms with E-state index in [0.29, 0.717) is 0 Å². The molecule has 2 aliphatic rings. The van der Waals surface area contributed by atoms with Gasteiger partial charge in [0.15, 0.2) is 0 Å². The molecule has 7 heteroatoms. The van der Waals surface area contributed by atoms with Crippen LogP contribution in [0.1, 0.15) is 81.4 Å². The SMILES string of the molecule is Cc1cc(C(C)N=NN2CCCCC2)nc(C(C)N=NN2CCCCC2)c1. The van der Waals surface area contributed by atoms with E-state index in [1.54, 1.807) is 0 Å². The molecule has 3 heterocycles. The molecule has 2 fully saturated rings. The zero-order chi connectivity index (χ0) is 19.1. The molecular formula is C20H33N7. The molecule has 0 bridgehead atoms. The highest BCUT2D eigenvalue weighted by atomic mass is 15.5. The lowest BCUT2D eigenvalue weighted by Crippen LogP contribution is -2.24. The van der Waals surface area contributed by atoms with Gasteiger partial charge in [-0.2, -0.15) is 10.2 Å². The van der Waals surface area contributed by atoms with Crippen LogP contribution in [0.25, 0.3) is 0 Å². The number of hydrogen-bond acceptors (Lipinski definition) is 5. The number of aromatic nitrogens is 1. The molecule has 148 valence electrons. The van der Waals surface area contributed by atoms with Gasteiger partial charge in [-0.15, -0.1) is 0 Å². The van der Waals surface area contributed by atoms with E-state index in [-0.39, 0.29) is 12.1 Å². The van der Waals surface area contributed by atoms with E-state index in [0.717, 1.165) is 37.6 Å². The molecule has 2 aliphatic heterocycles. The van der Waals surface area contributed by atoms with Gasteiger partial charge in [0.25, 0.3) is 0 Å². The van der Waals surface area contributed by atoms with Gasteiger partial charge >= 0.3 is 0 Å². The summed E-state index contributed by atoms with van der Waals surface area (Å²) in [6.45, 7) is 10.2. The molecule has 0 saturated carbocycles. The van der Waals surface area contributed by atoms with Gasteiger partial charge in [0.05, 0.1) is 11.4 Å². The van der Waals surface area contributed by atoms with Crippen LogP contribution in [0.5, 0.6) is 0 Å². The summed E-state index contributed by atoms with van der Waals surface area (Å²) < 4.78 is 0. The fraction of sp³-hybridized carbons (Fsp3) is 0.750. The Morgan fingerprint density at radius 1 is 0.741 bits per heavy atom. The molecule has 2 saturated heterocycles. The molecule has 0 aliphatic carbocycles. The molecule has 0 radical (unpaired) electrons. The number of hydrogen-bond donors (Lipinski definition) is 0. The Labute approximate surface area is 162 Å². The standard InChI is InChI=1S/C20H33N7/c1-16-14-19(17(2)22-24-26-10-6-4-7-11-26)21-20(15-16)18(3)23-25-27-12-8-5-9-13-27/h14-15,17-18H,4-13H2,1-3H3. The predicted molar refractivity (Wildman–Crippen MR) is 106 cm³/mol. The summed E-state index contributed by atoms with van der Waals surface area (Å²) in [5.74, 6) is 0. The lowest BCUT2D eigenvalue weighted by molar-refractivity contribution is 0.217. The molecule has 1 aromatic rings. The van der Waals surface area contributed by atoms with Gasteiger partial charge < -0.3 is 0 Å². The highest BCUT2D eigenvalue weighted by Gasteiger charge is 2.14. The monoisotopic (exact) mass is 371 g/mol. The van der Waals surface area contributed by atoms with Crippen molar-refractivity contribution in [1.29, 1.82) is 0 Å². The van der Waals surface area contributed by atoms with E-state index in [1.807, 2.05) is 0 Å². The van der Waals surface area contributed by atoms with Crippen molar-refractivity contribution >= 4 is 0 Å².